The van der Waals surface area contributed by atoms with Crippen molar-refractivity contribution in [2.45, 2.75) is 55.4 Å². The molecular weight excluding hydrogens is 827 g/mol. The summed E-state index contributed by atoms with van der Waals surface area (Å²) in [5.74, 6) is 0. The van der Waals surface area contributed by atoms with Crippen molar-refractivity contribution in [1.29, 1.82) is 0 Å². The molecule has 0 unspecified atom stereocenters. The van der Waals surface area contributed by atoms with Crippen LogP contribution in [-0.2, 0) is 0 Å². The zero-order valence-electron chi connectivity index (χ0n) is 39.7. The predicted octanol–water partition coefficient (Wildman–Crippen LogP) is 17.1. The van der Waals surface area contributed by atoms with E-state index in [1.165, 1.54) is 87.6 Å². The molecule has 68 heavy (non-hydrogen) atoms. The smallest absolute Gasteiger partial charge is 0.238 e. The van der Waals surface area contributed by atoms with E-state index in [1.54, 1.807) is 0 Å². The third-order valence-electron chi connectivity index (χ3n) is 14.6. The van der Waals surface area contributed by atoms with Crippen LogP contribution >= 0.6 is 0 Å². The first-order valence-electron chi connectivity index (χ1n) is 23.6. The van der Waals surface area contributed by atoms with E-state index in [9.17, 15) is 6.57 Å². The Hall–Kier alpha value is -8.33. The van der Waals surface area contributed by atoms with Crippen LogP contribution < -0.4 is 0 Å². The molecule has 4 heterocycles. The lowest BCUT2D eigenvalue weighted by Crippen LogP contribution is -2.11. The van der Waals surface area contributed by atoms with E-state index in [4.69, 9.17) is 4.85 Å². The van der Waals surface area contributed by atoms with E-state index in [0.29, 0.717) is 5.69 Å². The van der Waals surface area contributed by atoms with Crippen molar-refractivity contribution < 1.29 is 0 Å². The van der Waals surface area contributed by atoms with E-state index in [0.717, 1.165) is 66.9 Å². The summed E-state index contributed by atoms with van der Waals surface area (Å²) in [6.45, 7) is 27.2. The molecule has 0 amide bonds. The van der Waals surface area contributed by atoms with E-state index < -0.39 is 0 Å². The molecule has 13 rings (SSSR count). The van der Waals surface area contributed by atoms with Crippen LogP contribution in [0, 0.1) is 62.0 Å². The number of rotatable bonds is 4. The van der Waals surface area contributed by atoms with Gasteiger partial charge in [-0.1, -0.05) is 93.0 Å². The maximum atomic E-state index is 9.79. The van der Waals surface area contributed by atoms with Crippen molar-refractivity contribution in [3.05, 3.63) is 208 Å². The fourth-order valence-corrected chi connectivity index (χ4v) is 11.5. The molecule has 0 aliphatic carbocycles. The van der Waals surface area contributed by atoms with Crippen molar-refractivity contribution in [2.75, 3.05) is 0 Å². The average molecular weight is 876 g/mol. The largest absolute Gasteiger partial charge is 0.317 e. The van der Waals surface area contributed by atoms with Crippen LogP contribution in [0.25, 0.3) is 115 Å². The van der Waals surface area contributed by atoms with Crippen molar-refractivity contribution in [3.8, 4) is 22.7 Å². The van der Waals surface area contributed by atoms with Gasteiger partial charge in [-0.05, 0) is 159 Å². The summed E-state index contributed by atoms with van der Waals surface area (Å²) in [4.78, 5) is 4.88. The first-order chi connectivity index (χ1) is 32.9. The Balaban J connectivity index is 1.35. The topological polar surface area (TPSA) is 24.1 Å². The lowest BCUT2D eigenvalue weighted by Gasteiger charge is -2.25. The fraction of sp³-hybridized carbons (Fsp3) is 0.127. The quantitative estimate of drug-likeness (QED) is 0.157. The molecule has 0 saturated carbocycles. The Morgan fingerprint density at radius 1 is 0.265 bits per heavy atom. The Kier molecular flexibility index (Phi) is 8.43. The molecule has 0 spiro atoms. The minimum Gasteiger partial charge on any atom is -0.317 e. The third kappa shape index (κ3) is 5.61. The second-order valence-electron chi connectivity index (χ2n) is 19.6. The summed E-state index contributed by atoms with van der Waals surface area (Å²) < 4.78 is 9.70. The van der Waals surface area contributed by atoms with Gasteiger partial charge in [0.1, 0.15) is 0 Å². The maximum absolute atomic E-state index is 9.79. The van der Waals surface area contributed by atoms with Gasteiger partial charge < -0.3 is 18.3 Å². The Labute approximate surface area is 395 Å². The summed E-state index contributed by atoms with van der Waals surface area (Å²) >= 11 is 0. The molecule has 0 saturated heterocycles. The van der Waals surface area contributed by atoms with Gasteiger partial charge in [0.15, 0.2) is 0 Å². The number of aryl methyl sites for hydroxylation is 8. The van der Waals surface area contributed by atoms with Crippen LogP contribution in [0.2, 0.25) is 0 Å². The van der Waals surface area contributed by atoms with Crippen LogP contribution in [-0.4, -0.2) is 18.3 Å². The minimum absolute atomic E-state index is 0.570. The highest BCUT2D eigenvalue weighted by Gasteiger charge is 2.31. The van der Waals surface area contributed by atoms with Gasteiger partial charge in [-0.25, -0.2) is 4.85 Å². The van der Waals surface area contributed by atoms with Gasteiger partial charge >= 0.3 is 0 Å². The lowest BCUT2D eigenvalue weighted by molar-refractivity contribution is 1.05. The standard InChI is InChI=1S/C63H49N5/c1-35-10-18-51-43(26-35)44-27-36(2)11-19-52(44)65(51)59-34-60(66-53-20-12-37(3)28-45(53)46-29-38(4)13-21-54(46)66)63(68-57-24-16-41(7)32-49(57)50-33-42(8)17-25-58(50)68)61(64-9)62(59)67-55-22-14-39(5)30-47(55)48-31-40(6)15-23-56(48)67/h10-34H,1-8H3. The molecule has 9 aromatic carbocycles. The van der Waals surface area contributed by atoms with Gasteiger partial charge in [-0.2, -0.15) is 0 Å². The van der Waals surface area contributed by atoms with Gasteiger partial charge in [0.25, 0.3) is 0 Å². The fourth-order valence-electron chi connectivity index (χ4n) is 11.5. The Morgan fingerprint density at radius 2 is 0.456 bits per heavy atom. The molecule has 0 fully saturated rings. The highest BCUT2D eigenvalue weighted by molar-refractivity contribution is 6.16. The van der Waals surface area contributed by atoms with E-state index in [-0.39, 0.29) is 0 Å². The van der Waals surface area contributed by atoms with Gasteiger partial charge in [0.2, 0.25) is 5.69 Å². The SMILES string of the molecule is [C-]#[N+]c1c(-n2c3ccc(C)cc3c3cc(C)ccc32)c(-n2c3ccc(C)cc3c3cc(C)ccc32)cc(-n2c3ccc(C)cc3c3cc(C)ccc32)c1-n1c2ccc(C)cc2c2cc(C)ccc21. The molecule has 0 atom stereocenters. The molecule has 0 bridgehead atoms. The molecule has 13 aromatic rings. The van der Waals surface area contributed by atoms with Crippen molar-refractivity contribution in [2.24, 2.45) is 0 Å². The highest BCUT2D eigenvalue weighted by Crippen LogP contribution is 2.50. The number of aromatic nitrogens is 4. The van der Waals surface area contributed by atoms with Gasteiger partial charge in [0.05, 0.1) is 73.5 Å². The van der Waals surface area contributed by atoms with Crippen LogP contribution in [0.5, 0.6) is 0 Å². The van der Waals surface area contributed by atoms with Crippen molar-refractivity contribution in [1.82, 2.24) is 18.3 Å². The summed E-state index contributed by atoms with van der Waals surface area (Å²) in [7, 11) is 0. The van der Waals surface area contributed by atoms with Crippen molar-refractivity contribution >= 4 is 92.9 Å². The molecule has 4 aromatic heterocycles. The van der Waals surface area contributed by atoms with Crippen LogP contribution in [0.3, 0.4) is 0 Å². The summed E-state index contributed by atoms with van der Waals surface area (Å²) in [5.41, 5.74) is 22.3. The third-order valence-corrected chi connectivity index (χ3v) is 14.6. The van der Waals surface area contributed by atoms with E-state index in [2.05, 4.69) is 225 Å². The lowest BCUT2D eigenvalue weighted by atomic mass is 10.1. The van der Waals surface area contributed by atoms with Crippen molar-refractivity contribution in [3.63, 3.8) is 0 Å². The van der Waals surface area contributed by atoms with Crippen LogP contribution in [0.1, 0.15) is 44.5 Å². The Bertz CT molecular complexity index is 3910. The Morgan fingerprint density at radius 3 is 0.647 bits per heavy atom. The second kappa shape index (κ2) is 14.3. The van der Waals surface area contributed by atoms with Gasteiger partial charge in [0, 0.05) is 43.1 Å². The first kappa shape index (κ1) is 40.0. The maximum Gasteiger partial charge on any atom is 0.238 e. The average Bonchev–Trinajstić information content (AvgIpc) is 4.01. The summed E-state index contributed by atoms with van der Waals surface area (Å²) in [6, 6.07) is 56.8. The van der Waals surface area contributed by atoms with Gasteiger partial charge in [-0.3, -0.25) is 0 Å². The number of benzene rings is 9. The highest BCUT2D eigenvalue weighted by atomic mass is 15.1. The van der Waals surface area contributed by atoms with E-state index in [1.807, 2.05) is 0 Å². The number of nitrogens with zero attached hydrogens (tertiary/aromatic N) is 5. The van der Waals surface area contributed by atoms with Crippen LogP contribution in [0.15, 0.2) is 152 Å². The zero-order valence-corrected chi connectivity index (χ0v) is 39.7. The summed E-state index contributed by atoms with van der Waals surface area (Å²) in [6.07, 6.45) is 0. The predicted molar refractivity (Wildman–Crippen MR) is 288 cm³/mol. The zero-order chi connectivity index (χ0) is 46.4. The summed E-state index contributed by atoms with van der Waals surface area (Å²) in [5, 5.41) is 9.42. The second-order valence-corrected chi connectivity index (χ2v) is 19.6. The molecular formula is C63H49N5. The minimum atomic E-state index is 0.570. The normalized spacial score (nSPS) is 12.1. The molecule has 5 heteroatoms. The number of fused-ring (bicyclic) bond motifs is 12. The van der Waals surface area contributed by atoms with Crippen LogP contribution in [0.4, 0.5) is 5.69 Å². The number of hydrogen-bond donors (Lipinski definition) is 0. The van der Waals surface area contributed by atoms with Gasteiger partial charge in [-0.15, -0.1) is 0 Å². The molecule has 326 valence electrons. The number of hydrogen-bond acceptors (Lipinski definition) is 0. The van der Waals surface area contributed by atoms with E-state index >= 15 is 0 Å². The monoisotopic (exact) mass is 875 g/mol. The molecule has 5 nitrogen and oxygen atoms in total. The molecule has 0 N–H and O–H groups in total. The first-order valence-corrected chi connectivity index (χ1v) is 23.6. The molecule has 0 aliphatic heterocycles. The molecule has 0 aliphatic rings. The molecule has 0 radical (unpaired) electrons.